The van der Waals surface area contributed by atoms with Crippen molar-refractivity contribution in [3.05, 3.63) is 118 Å². The number of nitrogens with one attached hydrogen (secondary N) is 4. The van der Waals surface area contributed by atoms with E-state index < -0.39 is 0 Å². The number of unbranched alkanes of at least 4 members (excludes halogenated alkanes) is 1. The van der Waals surface area contributed by atoms with Crippen molar-refractivity contribution in [2.75, 3.05) is 54.2 Å². The van der Waals surface area contributed by atoms with Gasteiger partial charge in [-0.2, -0.15) is 0 Å². The number of benzene rings is 4. The molecule has 1 aliphatic rings. The summed E-state index contributed by atoms with van der Waals surface area (Å²) < 4.78 is 5.13. The average molecular weight is 912 g/mol. The molecule has 6 amide bonds. The van der Waals surface area contributed by atoms with E-state index in [9.17, 15) is 19.2 Å². The molecule has 0 aliphatic heterocycles. The van der Waals surface area contributed by atoms with Crippen molar-refractivity contribution in [1.82, 2.24) is 10.2 Å². The molecule has 1 aliphatic carbocycles. The smallest absolute Gasteiger partial charge is 0.321 e. The molecule has 0 bridgehead atoms. The third-order valence-corrected chi connectivity index (χ3v) is 10.8. The predicted octanol–water partition coefficient (Wildman–Crippen LogP) is 12.3. The number of urea groups is 2. The van der Waals surface area contributed by atoms with E-state index in [1.807, 2.05) is 78.9 Å². The number of para-hydroxylation sites is 3. The molecule has 4 N–H and O–H groups in total. The maximum atomic E-state index is 12.0. The summed E-state index contributed by atoms with van der Waals surface area (Å²) in [6, 6.07) is 30.1. The Morgan fingerprint density at radius 3 is 1.82 bits per heavy atom. The Labute approximate surface area is 384 Å². The van der Waals surface area contributed by atoms with E-state index in [1.165, 1.54) is 26.2 Å². The number of hydrogen-bond donors (Lipinski definition) is 4. The largest absolute Gasteiger partial charge is 0.364 e. The lowest BCUT2D eigenvalue weighted by Crippen LogP contribution is -2.43. The van der Waals surface area contributed by atoms with Crippen molar-refractivity contribution in [3.63, 3.8) is 0 Å². The number of ether oxygens (including phenoxy) is 1. The number of amides is 6. The van der Waals surface area contributed by atoms with E-state index in [-0.39, 0.29) is 36.5 Å². The molecule has 14 heteroatoms. The molecule has 338 valence electrons. The first-order chi connectivity index (χ1) is 29.8. The molecule has 0 radical (unpaired) electrons. The zero-order valence-corrected chi connectivity index (χ0v) is 39.5. The highest BCUT2D eigenvalue weighted by Gasteiger charge is 2.23. The number of halogens is 3. The number of alkyl halides is 1. The Hall–Kier alpha value is -4.81. The molecule has 2 unspecified atom stereocenters. The van der Waals surface area contributed by atoms with E-state index in [1.54, 1.807) is 42.2 Å². The molecule has 0 saturated heterocycles. The fourth-order valence-corrected chi connectivity index (χ4v) is 6.87. The van der Waals surface area contributed by atoms with Crippen LogP contribution in [0.15, 0.2) is 97.1 Å². The van der Waals surface area contributed by atoms with Gasteiger partial charge in [0, 0.05) is 50.7 Å². The number of methoxy groups -OCH3 is 1. The Balaban J connectivity index is 0.000000290. The zero-order chi connectivity index (χ0) is 45.9. The van der Waals surface area contributed by atoms with Gasteiger partial charge < -0.3 is 30.9 Å². The fraction of sp³-hybridized carbons (Fsp3) is 0.417. The van der Waals surface area contributed by atoms with Crippen molar-refractivity contribution < 1.29 is 23.9 Å². The highest BCUT2D eigenvalue weighted by molar-refractivity contribution is 6.42. The van der Waals surface area contributed by atoms with E-state index in [0.717, 1.165) is 66.8 Å². The van der Waals surface area contributed by atoms with Gasteiger partial charge in [-0.15, -0.1) is 11.6 Å². The molecular weight excluding hydrogens is 847 g/mol. The molecule has 1 fully saturated rings. The van der Waals surface area contributed by atoms with Gasteiger partial charge in [-0.1, -0.05) is 125 Å². The van der Waals surface area contributed by atoms with Crippen LogP contribution >= 0.6 is 34.8 Å². The van der Waals surface area contributed by atoms with Gasteiger partial charge in [0.2, 0.25) is 11.8 Å². The van der Waals surface area contributed by atoms with Gasteiger partial charge in [0.25, 0.3) is 0 Å². The van der Waals surface area contributed by atoms with Gasteiger partial charge in [0.05, 0.1) is 15.7 Å². The lowest BCUT2D eigenvalue weighted by atomic mass is 9.86. The van der Waals surface area contributed by atoms with Crippen molar-refractivity contribution in [1.29, 1.82) is 0 Å². The summed E-state index contributed by atoms with van der Waals surface area (Å²) in [5.41, 5.74) is 5.57. The number of carbonyl (C=O) groups excluding carboxylic acids is 4. The van der Waals surface area contributed by atoms with Crippen molar-refractivity contribution >= 4 is 81.4 Å². The summed E-state index contributed by atoms with van der Waals surface area (Å²) in [5.74, 6) is 0.385. The monoisotopic (exact) mass is 910 g/mol. The maximum absolute atomic E-state index is 12.0. The lowest BCUT2D eigenvalue weighted by molar-refractivity contribution is -0.117. The fourth-order valence-electron chi connectivity index (χ4n) is 6.43. The molecular formula is C48H65Cl3N6O5. The predicted molar refractivity (Wildman–Crippen MR) is 259 cm³/mol. The molecule has 0 spiro atoms. The average Bonchev–Trinajstić information content (AvgIpc) is 3.27. The first-order valence-electron chi connectivity index (χ1n) is 21.2. The Bertz CT molecular complexity index is 1920. The van der Waals surface area contributed by atoms with Crippen LogP contribution < -0.4 is 26.2 Å². The standard InChI is InChI=1S/C14H20ClNO2.C14H20N2O.C12H16Cl2N2O.C8H9NO/c1-4-11-7-6-8-12(5-2)14(11)16(10-18-3)13(17)9-15;1-11-7-5-6-10-13(11)16-14(17)15-12-8-3-2-4-9-12;1-3-4-7-16(2)12(17)15-9-5-6-10(13)11(14)8-9;1-7(10)9-8-5-3-2-4-6-8/h6-8H,4-5,9-10H2,1-3H3;2-4,8-9,11,13H,5-7,10H2,1H3,(H2,15,16,17);5-6,8H,3-4,7H2,1-2H3,(H,15,17);2-6H,1H3,(H,9,10). The number of aryl methyl sites for hydroxylation is 2. The number of hydrogen-bond acceptors (Lipinski definition) is 5. The van der Waals surface area contributed by atoms with Crippen LogP contribution in [0.2, 0.25) is 10.0 Å². The third-order valence-electron chi connectivity index (χ3n) is 9.83. The molecule has 1 saturated carbocycles. The van der Waals surface area contributed by atoms with E-state index >= 15 is 0 Å². The SMILES string of the molecule is CC(=O)Nc1ccccc1.CC1CCCCC1NC(=O)Nc1ccccc1.CCCCN(C)C(=O)Nc1ccc(Cl)c(Cl)c1.CCc1cccc(CC)c1N(COC)C(=O)CCl. The van der Waals surface area contributed by atoms with Gasteiger partial charge >= 0.3 is 12.1 Å². The van der Waals surface area contributed by atoms with Gasteiger partial charge in [0.15, 0.2) is 0 Å². The van der Waals surface area contributed by atoms with Crippen LogP contribution in [0.5, 0.6) is 0 Å². The second kappa shape index (κ2) is 30.3. The highest BCUT2D eigenvalue weighted by Crippen LogP contribution is 2.28. The Morgan fingerprint density at radius 2 is 1.32 bits per heavy atom. The van der Waals surface area contributed by atoms with Crippen LogP contribution in [-0.4, -0.2) is 68.1 Å². The van der Waals surface area contributed by atoms with Crippen molar-refractivity contribution in [3.8, 4) is 0 Å². The summed E-state index contributed by atoms with van der Waals surface area (Å²) >= 11 is 17.3. The number of anilines is 4. The maximum Gasteiger partial charge on any atom is 0.321 e. The lowest BCUT2D eigenvalue weighted by Gasteiger charge is -2.29. The molecule has 0 aromatic heterocycles. The van der Waals surface area contributed by atoms with Crippen molar-refractivity contribution in [2.24, 2.45) is 5.92 Å². The number of carbonyl (C=O) groups is 4. The number of nitrogens with zero attached hydrogens (tertiary/aromatic N) is 2. The molecule has 4 aromatic carbocycles. The minimum Gasteiger partial charge on any atom is -0.364 e. The van der Waals surface area contributed by atoms with Crippen LogP contribution in [-0.2, 0) is 27.2 Å². The van der Waals surface area contributed by atoms with Crippen LogP contribution in [0.3, 0.4) is 0 Å². The van der Waals surface area contributed by atoms with Gasteiger partial charge in [-0.05, 0) is 91.6 Å². The van der Waals surface area contributed by atoms with Crippen LogP contribution in [0.4, 0.5) is 32.3 Å². The topological polar surface area (TPSA) is 132 Å². The van der Waals surface area contributed by atoms with Gasteiger partial charge in [-0.3, -0.25) is 14.5 Å². The molecule has 62 heavy (non-hydrogen) atoms. The molecule has 4 aromatic rings. The Morgan fingerprint density at radius 1 is 0.742 bits per heavy atom. The number of rotatable bonds is 13. The zero-order valence-electron chi connectivity index (χ0n) is 37.2. The second-order valence-electron chi connectivity index (χ2n) is 14.7. The van der Waals surface area contributed by atoms with E-state index in [2.05, 4.69) is 49.0 Å². The van der Waals surface area contributed by atoms with E-state index in [0.29, 0.717) is 27.7 Å². The summed E-state index contributed by atoms with van der Waals surface area (Å²) in [6.45, 7) is 10.9. The summed E-state index contributed by atoms with van der Waals surface area (Å²) in [4.78, 5) is 49.3. The summed E-state index contributed by atoms with van der Waals surface area (Å²) in [6.07, 6.45) is 8.63. The van der Waals surface area contributed by atoms with Crippen LogP contribution in [0, 0.1) is 5.92 Å². The first kappa shape index (κ1) is 53.3. The third kappa shape index (κ3) is 19.9. The quantitative estimate of drug-likeness (QED) is 0.0783. The second-order valence-corrected chi connectivity index (χ2v) is 15.8. The molecule has 0 heterocycles. The van der Waals surface area contributed by atoms with Gasteiger partial charge in [-0.25, -0.2) is 9.59 Å². The van der Waals surface area contributed by atoms with Gasteiger partial charge in [0.1, 0.15) is 12.6 Å². The Kier molecular flexibility index (Phi) is 26.0. The van der Waals surface area contributed by atoms with E-state index in [4.69, 9.17) is 39.5 Å². The molecule has 11 nitrogen and oxygen atoms in total. The van der Waals surface area contributed by atoms with Crippen molar-refractivity contribution in [2.45, 2.75) is 92.0 Å². The van der Waals surface area contributed by atoms with Crippen LogP contribution in [0.1, 0.15) is 84.3 Å². The highest BCUT2D eigenvalue weighted by atomic mass is 35.5. The molecule has 2 atom stereocenters. The summed E-state index contributed by atoms with van der Waals surface area (Å²) in [7, 11) is 3.34. The minimum absolute atomic E-state index is 0.0359. The minimum atomic E-state index is -0.142. The normalized spacial score (nSPS) is 13.8. The first-order valence-corrected chi connectivity index (χ1v) is 22.5. The molecule has 5 rings (SSSR count). The summed E-state index contributed by atoms with van der Waals surface area (Å²) in [5, 5.41) is 12.3. The van der Waals surface area contributed by atoms with Crippen LogP contribution in [0.25, 0.3) is 0 Å².